The van der Waals surface area contributed by atoms with Crippen LogP contribution in [0.4, 0.5) is 10.5 Å². The minimum absolute atomic E-state index is 0.0785. The molecule has 0 bridgehead atoms. The summed E-state index contributed by atoms with van der Waals surface area (Å²) in [4.78, 5) is 44.1. The molecule has 9 heteroatoms. The van der Waals surface area contributed by atoms with E-state index in [0.29, 0.717) is 16.3 Å². The summed E-state index contributed by atoms with van der Waals surface area (Å²) in [6.45, 7) is 14.2. The fourth-order valence-electron chi connectivity index (χ4n) is 5.28. The van der Waals surface area contributed by atoms with Gasteiger partial charge in [0.2, 0.25) is 0 Å². The molecule has 3 amide bonds. The summed E-state index contributed by atoms with van der Waals surface area (Å²) in [5, 5.41) is 6.40. The third kappa shape index (κ3) is 7.59. The average molecular weight is 545 g/mol. The summed E-state index contributed by atoms with van der Waals surface area (Å²) < 4.78 is 5.40. The molecule has 3 rings (SSSR count). The molecule has 2 N–H and O–H groups in total. The van der Waals surface area contributed by atoms with Gasteiger partial charge in [0.1, 0.15) is 5.60 Å². The van der Waals surface area contributed by atoms with Crippen LogP contribution in [0.25, 0.3) is 0 Å². The number of carbonyl (C=O) groups excluding carboxylic acids is 3. The lowest BCUT2D eigenvalue weighted by Gasteiger charge is -2.39. The van der Waals surface area contributed by atoms with E-state index in [9.17, 15) is 14.4 Å². The van der Waals surface area contributed by atoms with Crippen molar-refractivity contribution in [2.75, 3.05) is 18.0 Å². The molecule has 1 fully saturated rings. The van der Waals surface area contributed by atoms with Crippen molar-refractivity contribution in [3.05, 3.63) is 39.9 Å². The lowest BCUT2D eigenvalue weighted by atomic mass is 9.89. The molecule has 38 heavy (non-hydrogen) atoms. The molecule has 208 valence electrons. The van der Waals surface area contributed by atoms with Crippen molar-refractivity contribution < 1.29 is 19.1 Å². The van der Waals surface area contributed by atoms with Crippen molar-refractivity contribution in [3.63, 3.8) is 0 Å². The van der Waals surface area contributed by atoms with Crippen LogP contribution in [0, 0.1) is 12.8 Å². The molecular formula is C29H41ClN4O4. The maximum absolute atomic E-state index is 13.2. The summed E-state index contributed by atoms with van der Waals surface area (Å²) >= 11 is 6.50. The number of alkyl carbamates (subject to hydrolysis) is 1. The maximum Gasteiger partial charge on any atom is 0.407 e. The number of hydrogen-bond acceptors (Lipinski definition) is 5. The number of aliphatic imine (C=N–C) groups is 1. The lowest BCUT2D eigenvalue weighted by molar-refractivity contribution is -0.120. The van der Waals surface area contributed by atoms with E-state index in [4.69, 9.17) is 16.3 Å². The molecule has 0 aromatic heterocycles. The van der Waals surface area contributed by atoms with Crippen LogP contribution < -0.4 is 15.5 Å². The molecule has 0 radical (unpaired) electrons. The predicted octanol–water partition coefficient (Wildman–Crippen LogP) is 5.60. The Hall–Kier alpha value is -2.87. The van der Waals surface area contributed by atoms with Gasteiger partial charge in [0.15, 0.2) is 0 Å². The van der Waals surface area contributed by atoms with Gasteiger partial charge in [0, 0.05) is 47.2 Å². The third-order valence-electron chi connectivity index (χ3n) is 7.14. The standard InChI is InChI=1S/C29H41ClN4O4/c1-8-34(22-11-9-21(10-12-22)33-28(37)38-29(5,6)7)25-15-20(30)14-23(19(25)4)26(35)31-16-24-17(2)13-18(3)32-27(24)36/h13-15,21-22,24H,8-12,16H2,1-7H3,(H,31,35)(H,33,37). The van der Waals surface area contributed by atoms with Crippen LogP contribution in [-0.2, 0) is 9.53 Å². The molecule has 1 aromatic carbocycles. The average Bonchev–Trinajstić information content (AvgIpc) is 2.80. The van der Waals surface area contributed by atoms with Gasteiger partial charge < -0.3 is 20.3 Å². The first-order valence-electron chi connectivity index (χ1n) is 13.4. The van der Waals surface area contributed by atoms with Gasteiger partial charge in [-0.15, -0.1) is 0 Å². The van der Waals surface area contributed by atoms with Gasteiger partial charge in [0.05, 0.1) is 5.92 Å². The number of ether oxygens (including phenoxy) is 1. The van der Waals surface area contributed by atoms with E-state index in [1.165, 1.54) is 0 Å². The molecule has 1 aromatic rings. The fourth-order valence-corrected chi connectivity index (χ4v) is 5.49. The van der Waals surface area contributed by atoms with E-state index < -0.39 is 11.5 Å². The van der Waals surface area contributed by atoms with E-state index in [2.05, 4.69) is 27.4 Å². The van der Waals surface area contributed by atoms with Gasteiger partial charge in [0.25, 0.3) is 11.8 Å². The van der Waals surface area contributed by atoms with Gasteiger partial charge in [-0.3, -0.25) is 9.59 Å². The summed E-state index contributed by atoms with van der Waals surface area (Å²) in [5.74, 6) is -0.960. The normalized spacial score (nSPS) is 21.8. The number of anilines is 1. The topological polar surface area (TPSA) is 100 Å². The molecule has 8 nitrogen and oxygen atoms in total. The largest absolute Gasteiger partial charge is 0.444 e. The SMILES string of the molecule is CCN(c1cc(Cl)cc(C(=O)NCC2C(=O)N=C(C)C=C2C)c1C)C1CCC(NC(=O)OC(C)(C)C)CC1. The van der Waals surface area contributed by atoms with Crippen LogP contribution >= 0.6 is 11.6 Å². The van der Waals surface area contributed by atoms with E-state index >= 15 is 0 Å². The van der Waals surface area contributed by atoms with Crippen molar-refractivity contribution >= 4 is 40.9 Å². The zero-order valence-electron chi connectivity index (χ0n) is 23.6. The van der Waals surface area contributed by atoms with Gasteiger partial charge in [-0.1, -0.05) is 17.2 Å². The third-order valence-corrected chi connectivity index (χ3v) is 7.35. The Morgan fingerprint density at radius 2 is 1.79 bits per heavy atom. The van der Waals surface area contributed by atoms with Crippen LogP contribution in [0.3, 0.4) is 0 Å². The predicted molar refractivity (Wildman–Crippen MR) is 152 cm³/mol. The number of nitrogens with one attached hydrogen (secondary N) is 2. The number of nitrogens with zero attached hydrogens (tertiary/aromatic N) is 2. The molecule has 1 aliphatic heterocycles. The summed E-state index contributed by atoms with van der Waals surface area (Å²) in [7, 11) is 0. The van der Waals surface area contributed by atoms with Crippen molar-refractivity contribution in [2.24, 2.45) is 10.9 Å². The fraction of sp³-hybridized carbons (Fsp3) is 0.586. The molecule has 1 aliphatic carbocycles. The van der Waals surface area contributed by atoms with Crippen molar-refractivity contribution in [1.29, 1.82) is 0 Å². The second-order valence-electron chi connectivity index (χ2n) is 11.3. The Morgan fingerprint density at radius 3 is 2.37 bits per heavy atom. The second-order valence-corrected chi connectivity index (χ2v) is 11.7. The number of carbonyl (C=O) groups is 3. The highest BCUT2D eigenvalue weighted by Gasteiger charge is 2.30. The van der Waals surface area contributed by atoms with Gasteiger partial charge >= 0.3 is 6.09 Å². The monoisotopic (exact) mass is 544 g/mol. The molecule has 0 spiro atoms. The Kier molecular flexibility index (Phi) is 9.63. The number of hydrogen-bond donors (Lipinski definition) is 2. The first-order chi connectivity index (χ1) is 17.8. The highest BCUT2D eigenvalue weighted by atomic mass is 35.5. The zero-order chi connectivity index (χ0) is 28.2. The van der Waals surface area contributed by atoms with Crippen molar-refractivity contribution in [3.8, 4) is 0 Å². The molecule has 1 heterocycles. The number of dihydropyridines is 1. The molecule has 0 saturated heterocycles. The minimum Gasteiger partial charge on any atom is -0.444 e. The quantitative estimate of drug-likeness (QED) is 0.465. The van der Waals surface area contributed by atoms with Crippen molar-refractivity contribution in [1.82, 2.24) is 10.6 Å². The van der Waals surface area contributed by atoms with E-state index in [1.54, 1.807) is 13.0 Å². The van der Waals surface area contributed by atoms with Crippen molar-refractivity contribution in [2.45, 2.75) is 91.8 Å². The summed E-state index contributed by atoms with van der Waals surface area (Å²) in [6, 6.07) is 3.93. The number of benzene rings is 1. The molecule has 1 unspecified atom stereocenters. The minimum atomic E-state index is -0.525. The Labute approximate surface area is 231 Å². The van der Waals surface area contributed by atoms with Crippen LogP contribution in [0.15, 0.2) is 28.8 Å². The first kappa shape index (κ1) is 29.7. The highest BCUT2D eigenvalue weighted by molar-refractivity contribution is 6.31. The van der Waals surface area contributed by atoms with E-state index in [1.807, 2.05) is 46.8 Å². The van der Waals surface area contributed by atoms with Crippen LogP contribution in [0.5, 0.6) is 0 Å². The molecule has 2 aliphatic rings. The molecule has 1 atom stereocenters. The zero-order valence-corrected chi connectivity index (χ0v) is 24.4. The summed E-state index contributed by atoms with van der Waals surface area (Å²) in [5.41, 5.74) is 3.32. The molecular weight excluding hydrogens is 504 g/mol. The number of halogens is 1. The Bertz CT molecular complexity index is 1130. The van der Waals surface area contributed by atoms with Crippen LogP contribution in [0.2, 0.25) is 5.02 Å². The highest BCUT2D eigenvalue weighted by Crippen LogP contribution is 2.33. The van der Waals surface area contributed by atoms with E-state index in [-0.39, 0.29) is 36.5 Å². The van der Waals surface area contributed by atoms with Gasteiger partial charge in [-0.2, -0.15) is 0 Å². The summed E-state index contributed by atoms with van der Waals surface area (Å²) in [6.07, 6.45) is 4.98. The number of amides is 3. The van der Waals surface area contributed by atoms with Gasteiger partial charge in [-0.25, -0.2) is 9.79 Å². The maximum atomic E-state index is 13.2. The second kappa shape index (κ2) is 12.3. The van der Waals surface area contributed by atoms with Gasteiger partial charge in [-0.05, 0) is 97.9 Å². The van der Waals surface area contributed by atoms with Crippen LogP contribution in [0.1, 0.15) is 83.1 Å². The van der Waals surface area contributed by atoms with Crippen LogP contribution in [-0.4, -0.2) is 54.4 Å². The lowest BCUT2D eigenvalue weighted by Crippen LogP contribution is -2.45. The van der Waals surface area contributed by atoms with E-state index in [0.717, 1.165) is 49.1 Å². The number of allylic oxidation sites excluding steroid dienone is 1. The number of rotatable bonds is 7. The first-order valence-corrected chi connectivity index (χ1v) is 13.8. The Morgan fingerprint density at radius 1 is 1.13 bits per heavy atom. The Balaban J connectivity index is 1.68. The smallest absolute Gasteiger partial charge is 0.407 e. The molecule has 1 saturated carbocycles.